The molecule has 150 valence electrons. The number of aryl methyl sites for hydroxylation is 3. The summed E-state index contributed by atoms with van der Waals surface area (Å²) in [6.45, 7) is 5.63. The monoisotopic (exact) mass is 428 g/mol. The van der Waals surface area contributed by atoms with Crippen molar-refractivity contribution in [3.63, 3.8) is 0 Å². The smallest absolute Gasteiger partial charge is 0.261 e. The highest BCUT2D eigenvalue weighted by molar-refractivity contribution is 7.92. The predicted octanol–water partition coefficient (Wildman–Crippen LogP) is 5.32. The summed E-state index contributed by atoms with van der Waals surface area (Å²) in [4.78, 5) is 12.5. The van der Waals surface area contributed by atoms with E-state index in [2.05, 4.69) is 10.0 Å². The fourth-order valence-electron chi connectivity index (χ4n) is 2.76. The first-order valence-corrected chi connectivity index (χ1v) is 10.8. The van der Waals surface area contributed by atoms with Crippen LogP contribution in [0.3, 0.4) is 0 Å². The largest absolute Gasteiger partial charge is 0.322 e. The van der Waals surface area contributed by atoms with Gasteiger partial charge in [0, 0.05) is 22.0 Å². The Balaban J connectivity index is 1.79. The molecule has 0 aliphatic heterocycles. The van der Waals surface area contributed by atoms with E-state index in [0.29, 0.717) is 27.5 Å². The summed E-state index contributed by atoms with van der Waals surface area (Å²) in [5.41, 5.74) is 4.23. The minimum atomic E-state index is -3.74. The van der Waals surface area contributed by atoms with Gasteiger partial charge < -0.3 is 5.32 Å². The number of nitrogens with one attached hydrogen (secondary N) is 2. The first-order chi connectivity index (χ1) is 13.7. The molecule has 3 rings (SSSR count). The second kappa shape index (κ2) is 8.27. The van der Waals surface area contributed by atoms with Crippen LogP contribution in [0.15, 0.2) is 65.6 Å². The van der Waals surface area contributed by atoms with Crippen molar-refractivity contribution in [3.8, 4) is 0 Å². The van der Waals surface area contributed by atoms with Crippen LogP contribution in [0, 0.1) is 20.8 Å². The number of benzene rings is 3. The summed E-state index contributed by atoms with van der Waals surface area (Å²) in [5.74, 6) is -0.298. The van der Waals surface area contributed by atoms with Crippen molar-refractivity contribution in [3.05, 3.63) is 87.9 Å². The maximum atomic E-state index is 12.7. The normalized spacial score (nSPS) is 11.2. The molecule has 0 radical (unpaired) electrons. The molecule has 0 saturated carbocycles. The molecule has 0 aliphatic rings. The average molecular weight is 429 g/mol. The zero-order valence-corrected chi connectivity index (χ0v) is 17.9. The van der Waals surface area contributed by atoms with Gasteiger partial charge in [-0.1, -0.05) is 17.7 Å². The molecule has 3 aromatic carbocycles. The van der Waals surface area contributed by atoms with E-state index in [1.54, 1.807) is 49.4 Å². The maximum absolute atomic E-state index is 12.7. The van der Waals surface area contributed by atoms with Gasteiger partial charge in [0.1, 0.15) is 0 Å². The first-order valence-electron chi connectivity index (χ1n) is 8.93. The topological polar surface area (TPSA) is 75.3 Å². The van der Waals surface area contributed by atoms with Gasteiger partial charge in [-0.15, -0.1) is 0 Å². The third-order valence-electron chi connectivity index (χ3n) is 4.62. The van der Waals surface area contributed by atoms with Crippen molar-refractivity contribution in [1.29, 1.82) is 0 Å². The van der Waals surface area contributed by atoms with Crippen LogP contribution in [-0.4, -0.2) is 14.3 Å². The summed E-state index contributed by atoms with van der Waals surface area (Å²) in [7, 11) is -3.74. The molecule has 0 aliphatic carbocycles. The van der Waals surface area contributed by atoms with Gasteiger partial charge >= 0.3 is 0 Å². The molecule has 0 aromatic heterocycles. The summed E-state index contributed by atoms with van der Waals surface area (Å²) < 4.78 is 28.0. The maximum Gasteiger partial charge on any atom is 0.261 e. The van der Waals surface area contributed by atoms with Crippen molar-refractivity contribution >= 4 is 38.9 Å². The molecular formula is C22H21ClN2O3S. The van der Waals surface area contributed by atoms with E-state index in [0.717, 1.165) is 11.1 Å². The van der Waals surface area contributed by atoms with Crippen LogP contribution < -0.4 is 10.0 Å². The van der Waals surface area contributed by atoms with Crippen molar-refractivity contribution < 1.29 is 13.2 Å². The highest BCUT2D eigenvalue weighted by Crippen LogP contribution is 2.23. The van der Waals surface area contributed by atoms with Gasteiger partial charge in [0.05, 0.1) is 4.90 Å². The van der Waals surface area contributed by atoms with Crippen molar-refractivity contribution in [1.82, 2.24) is 0 Å². The van der Waals surface area contributed by atoms with Crippen molar-refractivity contribution in [2.24, 2.45) is 0 Å². The van der Waals surface area contributed by atoms with Crippen LogP contribution >= 0.6 is 11.6 Å². The lowest BCUT2D eigenvalue weighted by atomic mass is 10.1. The average Bonchev–Trinajstić information content (AvgIpc) is 2.66. The number of amides is 1. The van der Waals surface area contributed by atoms with Crippen LogP contribution in [-0.2, 0) is 10.0 Å². The molecule has 0 atom stereocenters. The Labute approximate surface area is 175 Å². The zero-order chi connectivity index (χ0) is 21.2. The van der Waals surface area contributed by atoms with E-state index in [9.17, 15) is 13.2 Å². The Morgan fingerprint density at radius 1 is 0.828 bits per heavy atom. The molecule has 0 bridgehead atoms. The highest BCUT2D eigenvalue weighted by Gasteiger charge is 2.16. The number of halogens is 1. The standard InChI is InChI=1S/C22H21ClN2O3S/c1-14-4-9-19(12-15(14)2)25-29(27,28)20-10-11-21(16(3)13-20)24-22(26)17-5-7-18(23)8-6-17/h4-13,25H,1-3H3,(H,24,26). The van der Waals surface area contributed by atoms with Crippen LogP contribution in [0.4, 0.5) is 11.4 Å². The van der Waals surface area contributed by atoms with Crippen LogP contribution in [0.5, 0.6) is 0 Å². The third kappa shape index (κ3) is 4.96. The summed E-state index contributed by atoms with van der Waals surface area (Å²) in [6, 6.07) is 16.5. The third-order valence-corrected chi connectivity index (χ3v) is 6.25. The Hall–Kier alpha value is -2.83. The van der Waals surface area contributed by atoms with E-state index in [1.807, 2.05) is 19.9 Å². The summed E-state index contributed by atoms with van der Waals surface area (Å²) in [6.07, 6.45) is 0. The number of carbonyl (C=O) groups is 1. The van der Waals surface area contributed by atoms with Gasteiger partial charge in [0.15, 0.2) is 0 Å². The summed E-state index contributed by atoms with van der Waals surface area (Å²) >= 11 is 5.84. The predicted molar refractivity (Wildman–Crippen MR) is 117 cm³/mol. The number of sulfonamides is 1. The second-order valence-electron chi connectivity index (χ2n) is 6.84. The van der Waals surface area contributed by atoms with E-state index in [-0.39, 0.29) is 10.8 Å². The minimum Gasteiger partial charge on any atom is -0.322 e. The van der Waals surface area contributed by atoms with Gasteiger partial charge in [-0.3, -0.25) is 9.52 Å². The molecule has 0 heterocycles. The Bertz CT molecular complexity index is 1170. The molecule has 29 heavy (non-hydrogen) atoms. The van der Waals surface area contributed by atoms with E-state index < -0.39 is 10.0 Å². The lowest BCUT2D eigenvalue weighted by molar-refractivity contribution is 0.102. The molecule has 0 spiro atoms. The number of anilines is 2. The molecule has 5 nitrogen and oxygen atoms in total. The van der Waals surface area contributed by atoms with E-state index in [1.165, 1.54) is 12.1 Å². The number of carbonyl (C=O) groups excluding carboxylic acids is 1. The molecular weight excluding hydrogens is 408 g/mol. The van der Waals surface area contributed by atoms with Crippen LogP contribution in [0.25, 0.3) is 0 Å². The quantitative estimate of drug-likeness (QED) is 0.577. The lowest BCUT2D eigenvalue weighted by Crippen LogP contribution is -2.15. The summed E-state index contributed by atoms with van der Waals surface area (Å²) in [5, 5.41) is 3.34. The molecule has 0 fully saturated rings. The van der Waals surface area contributed by atoms with Crippen molar-refractivity contribution in [2.75, 3.05) is 10.0 Å². The van der Waals surface area contributed by atoms with E-state index >= 15 is 0 Å². The second-order valence-corrected chi connectivity index (χ2v) is 8.96. The Kier molecular flexibility index (Phi) is 5.96. The fourth-order valence-corrected chi connectivity index (χ4v) is 4.02. The first kappa shape index (κ1) is 20.9. The molecule has 3 aromatic rings. The molecule has 0 unspecified atom stereocenters. The lowest BCUT2D eigenvalue weighted by Gasteiger charge is -2.13. The van der Waals surface area contributed by atoms with Gasteiger partial charge in [0.25, 0.3) is 15.9 Å². The highest BCUT2D eigenvalue weighted by atomic mass is 35.5. The van der Waals surface area contributed by atoms with E-state index in [4.69, 9.17) is 11.6 Å². The van der Waals surface area contributed by atoms with Gasteiger partial charge in [-0.25, -0.2) is 8.42 Å². The van der Waals surface area contributed by atoms with Crippen LogP contribution in [0.2, 0.25) is 5.02 Å². The van der Waals surface area contributed by atoms with Gasteiger partial charge in [-0.2, -0.15) is 0 Å². The fraction of sp³-hybridized carbons (Fsp3) is 0.136. The van der Waals surface area contributed by atoms with Gasteiger partial charge in [-0.05, 0) is 92.1 Å². The Morgan fingerprint density at radius 2 is 1.52 bits per heavy atom. The number of hydrogen-bond acceptors (Lipinski definition) is 3. The Morgan fingerprint density at radius 3 is 2.14 bits per heavy atom. The molecule has 2 N–H and O–H groups in total. The number of rotatable bonds is 5. The molecule has 1 amide bonds. The zero-order valence-electron chi connectivity index (χ0n) is 16.3. The molecule has 0 saturated heterocycles. The van der Waals surface area contributed by atoms with Crippen molar-refractivity contribution in [2.45, 2.75) is 25.7 Å². The van der Waals surface area contributed by atoms with Crippen LogP contribution in [0.1, 0.15) is 27.0 Å². The number of hydrogen-bond donors (Lipinski definition) is 2. The minimum absolute atomic E-state index is 0.123. The molecule has 7 heteroatoms. The van der Waals surface area contributed by atoms with Gasteiger partial charge in [0.2, 0.25) is 0 Å². The SMILES string of the molecule is Cc1ccc(NS(=O)(=O)c2ccc(NC(=O)c3ccc(Cl)cc3)c(C)c2)cc1C.